The van der Waals surface area contributed by atoms with Crippen molar-refractivity contribution < 1.29 is 14.7 Å². The van der Waals surface area contributed by atoms with E-state index in [1.807, 2.05) is 30.3 Å². The van der Waals surface area contributed by atoms with Gasteiger partial charge in [0.15, 0.2) is 0 Å². The summed E-state index contributed by atoms with van der Waals surface area (Å²) in [4.78, 5) is 27.4. The first-order valence-corrected chi connectivity index (χ1v) is 6.96. The van der Waals surface area contributed by atoms with E-state index < -0.39 is 5.54 Å². The van der Waals surface area contributed by atoms with Crippen molar-refractivity contribution in [3.05, 3.63) is 30.3 Å². The lowest BCUT2D eigenvalue weighted by Gasteiger charge is -2.25. The molecule has 6 heteroatoms. The Bertz CT molecular complexity index is 516. The second-order valence-electron chi connectivity index (χ2n) is 5.78. The Balaban J connectivity index is 1.95. The molecule has 2 rings (SSSR count). The van der Waals surface area contributed by atoms with Gasteiger partial charge in [0.2, 0.25) is 5.91 Å². The van der Waals surface area contributed by atoms with Crippen LogP contribution in [0, 0.1) is 0 Å². The van der Waals surface area contributed by atoms with Crippen LogP contribution in [0.1, 0.15) is 13.8 Å². The molecule has 0 aliphatic carbocycles. The van der Waals surface area contributed by atoms with E-state index in [2.05, 4.69) is 5.32 Å². The number of carbonyl (C=O) groups excluding carboxylic acids is 2. The molecule has 1 aliphatic rings. The van der Waals surface area contributed by atoms with E-state index in [1.165, 1.54) is 4.90 Å². The van der Waals surface area contributed by atoms with Crippen LogP contribution >= 0.6 is 0 Å². The topological polar surface area (TPSA) is 72.9 Å². The van der Waals surface area contributed by atoms with E-state index in [0.717, 1.165) is 5.69 Å². The van der Waals surface area contributed by atoms with Gasteiger partial charge < -0.3 is 15.3 Å². The van der Waals surface area contributed by atoms with Crippen molar-refractivity contribution in [1.82, 2.24) is 10.2 Å². The van der Waals surface area contributed by atoms with Crippen molar-refractivity contribution in [3.63, 3.8) is 0 Å². The van der Waals surface area contributed by atoms with Gasteiger partial charge >= 0.3 is 6.03 Å². The number of anilines is 1. The summed E-state index contributed by atoms with van der Waals surface area (Å²) in [6.07, 6.45) is 0. The van der Waals surface area contributed by atoms with Crippen LogP contribution < -0.4 is 10.2 Å². The highest BCUT2D eigenvalue weighted by atomic mass is 16.3. The molecular weight excluding hydrogens is 270 g/mol. The average molecular weight is 291 g/mol. The highest BCUT2D eigenvalue weighted by Crippen LogP contribution is 2.19. The molecule has 0 saturated carbocycles. The first-order valence-electron chi connectivity index (χ1n) is 6.96. The lowest BCUT2D eigenvalue weighted by molar-refractivity contribution is -0.123. The number of urea groups is 1. The van der Waals surface area contributed by atoms with Gasteiger partial charge in [0.05, 0.1) is 12.1 Å². The third-order valence-corrected chi connectivity index (χ3v) is 3.37. The molecule has 0 atom stereocenters. The number of aliphatic hydroxyl groups is 1. The number of hydrogen-bond acceptors (Lipinski definition) is 3. The fraction of sp³-hybridized carbons (Fsp3) is 0.467. The van der Waals surface area contributed by atoms with E-state index >= 15 is 0 Å². The zero-order valence-corrected chi connectivity index (χ0v) is 12.4. The van der Waals surface area contributed by atoms with Gasteiger partial charge in [0.25, 0.3) is 0 Å². The summed E-state index contributed by atoms with van der Waals surface area (Å²) in [5.41, 5.74) is 0.153. The highest BCUT2D eigenvalue weighted by molar-refractivity contribution is 5.96. The maximum Gasteiger partial charge on any atom is 0.325 e. The van der Waals surface area contributed by atoms with Gasteiger partial charge in [-0.3, -0.25) is 9.69 Å². The van der Waals surface area contributed by atoms with E-state index in [9.17, 15) is 9.59 Å². The summed E-state index contributed by atoms with van der Waals surface area (Å²) >= 11 is 0. The Morgan fingerprint density at radius 3 is 2.57 bits per heavy atom. The van der Waals surface area contributed by atoms with Crippen molar-refractivity contribution in [2.75, 3.05) is 31.1 Å². The molecule has 0 bridgehead atoms. The number of aliphatic hydroxyl groups excluding tert-OH is 1. The van der Waals surface area contributed by atoms with E-state index in [-0.39, 0.29) is 25.1 Å². The van der Waals surface area contributed by atoms with Crippen molar-refractivity contribution in [1.29, 1.82) is 0 Å². The Morgan fingerprint density at radius 1 is 1.29 bits per heavy atom. The SMILES string of the molecule is CC(C)(CO)NC(=O)CN1CCN(c2ccccc2)C1=O. The minimum Gasteiger partial charge on any atom is -0.394 e. The number of para-hydroxylation sites is 1. The van der Waals surface area contributed by atoms with Crippen molar-refractivity contribution >= 4 is 17.6 Å². The molecule has 0 unspecified atom stereocenters. The number of benzene rings is 1. The molecule has 0 radical (unpaired) electrons. The fourth-order valence-corrected chi connectivity index (χ4v) is 2.21. The van der Waals surface area contributed by atoms with Gasteiger partial charge in [-0.25, -0.2) is 4.79 Å². The number of amides is 3. The number of nitrogens with zero attached hydrogens (tertiary/aromatic N) is 2. The predicted molar refractivity (Wildman–Crippen MR) is 80.1 cm³/mol. The van der Waals surface area contributed by atoms with Crippen LogP contribution in [-0.2, 0) is 4.79 Å². The van der Waals surface area contributed by atoms with Gasteiger partial charge in [0.1, 0.15) is 6.54 Å². The first-order chi connectivity index (χ1) is 9.93. The lowest BCUT2D eigenvalue weighted by atomic mass is 10.1. The van der Waals surface area contributed by atoms with Crippen LogP contribution in [0.5, 0.6) is 0 Å². The Morgan fingerprint density at radius 2 is 1.95 bits per heavy atom. The first kappa shape index (κ1) is 15.3. The van der Waals surface area contributed by atoms with Crippen LogP contribution in [0.3, 0.4) is 0 Å². The zero-order chi connectivity index (χ0) is 15.5. The Kier molecular flexibility index (Phi) is 4.47. The third kappa shape index (κ3) is 3.72. The van der Waals surface area contributed by atoms with Gasteiger partial charge in [-0.2, -0.15) is 0 Å². The van der Waals surface area contributed by atoms with Gasteiger partial charge in [-0.05, 0) is 26.0 Å². The number of carbonyl (C=O) groups is 2. The van der Waals surface area contributed by atoms with Crippen LogP contribution in [0.4, 0.5) is 10.5 Å². The summed E-state index contributed by atoms with van der Waals surface area (Å²) in [5, 5.41) is 11.8. The van der Waals surface area contributed by atoms with Crippen molar-refractivity contribution in [2.45, 2.75) is 19.4 Å². The summed E-state index contributed by atoms with van der Waals surface area (Å²) < 4.78 is 0. The number of nitrogens with one attached hydrogen (secondary N) is 1. The maximum absolute atomic E-state index is 12.3. The fourth-order valence-electron chi connectivity index (χ4n) is 2.21. The minimum absolute atomic E-state index is 0.00555. The molecule has 1 aromatic carbocycles. The van der Waals surface area contributed by atoms with Crippen LogP contribution in [0.2, 0.25) is 0 Å². The molecule has 3 amide bonds. The third-order valence-electron chi connectivity index (χ3n) is 3.37. The van der Waals surface area contributed by atoms with E-state index in [0.29, 0.717) is 13.1 Å². The second kappa shape index (κ2) is 6.13. The molecule has 114 valence electrons. The predicted octanol–water partition coefficient (Wildman–Crippen LogP) is 0.816. The maximum atomic E-state index is 12.3. The smallest absolute Gasteiger partial charge is 0.325 e. The van der Waals surface area contributed by atoms with Crippen LogP contribution in [0.25, 0.3) is 0 Å². The normalized spacial score (nSPS) is 15.5. The molecule has 1 saturated heterocycles. The molecule has 2 N–H and O–H groups in total. The summed E-state index contributed by atoms with van der Waals surface area (Å²) in [6.45, 7) is 4.40. The standard InChI is InChI=1S/C15H21N3O3/c1-15(2,11-19)16-13(20)10-17-8-9-18(14(17)21)12-6-4-3-5-7-12/h3-7,19H,8-11H2,1-2H3,(H,16,20). The lowest BCUT2D eigenvalue weighted by Crippen LogP contribution is -2.50. The second-order valence-corrected chi connectivity index (χ2v) is 5.78. The number of rotatable bonds is 5. The molecular formula is C15H21N3O3. The molecule has 21 heavy (non-hydrogen) atoms. The largest absolute Gasteiger partial charge is 0.394 e. The average Bonchev–Trinajstić information content (AvgIpc) is 2.80. The quantitative estimate of drug-likeness (QED) is 0.843. The van der Waals surface area contributed by atoms with E-state index in [1.54, 1.807) is 18.7 Å². The van der Waals surface area contributed by atoms with Gasteiger partial charge in [0, 0.05) is 18.8 Å². The van der Waals surface area contributed by atoms with E-state index in [4.69, 9.17) is 5.11 Å². The Hall–Kier alpha value is -2.08. The Labute approximate surface area is 124 Å². The zero-order valence-electron chi connectivity index (χ0n) is 12.4. The summed E-state index contributed by atoms with van der Waals surface area (Å²) in [6, 6.07) is 9.22. The molecule has 0 aromatic heterocycles. The van der Waals surface area contributed by atoms with Crippen molar-refractivity contribution in [2.24, 2.45) is 0 Å². The van der Waals surface area contributed by atoms with Crippen LogP contribution in [0.15, 0.2) is 30.3 Å². The monoisotopic (exact) mass is 291 g/mol. The molecule has 1 fully saturated rings. The summed E-state index contributed by atoms with van der Waals surface area (Å²) in [7, 11) is 0. The molecule has 6 nitrogen and oxygen atoms in total. The summed E-state index contributed by atoms with van der Waals surface area (Å²) in [5.74, 6) is -0.266. The van der Waals surface area contributed by atoms with Crippen molar-refractivity contribution in [3.8, 4) is 0 Å². The molecule has 1 aromatic rings. The van der Waals surface area contributed by atoms with Crippen LogP contribution in [-0.4, -0.2) is 53.7 Å². The number of hydrogen-bond donors (Lipinski definition) is 2. The molecule has 1 heterocycles. The molecule has 1 aliphatic heterocycles. The van der Waals surface area contributed by atoms with Gasteiger partial charge in [-0.15, -0.1) is 0 Å². The van der Waals surface area contributed by atoms with Gasteiger partial charge in [-0.1, -0.05) is 18.2 Å². The minimum atomic E-state index is -0.682. The highest BCUT2D eigenvalue weighted by Gasteiger charge is 2.31. The molecule has 0 spiro atoms.